The monoisotopic (exact) mass is 250 g/mol. The molecule has 0 aliphatic rings. The van der Waals surface area contributed by atoms with Gasteiger partial charge in [-0.2, -0.15) is 0 Å². The van der Waals surface area contributed by atoms with E-state index in [-0.39, 0.29) is 5.91 Å². The number of carbonyl (C=O) groups is 1. The van der Waals surface area contributed by atoms with Crippen molar-refractivity contribution in [1.29, 1.82) is 0 Å². The van der Waals surface area contributed by atoms with Gasteiger partial charge >= 0.3 is 0 Å². The van der Waals surface area contributed by atoms with E-state index in [1.165, 1.54) is 6.92 Å². The minimum Gasteiger partial charge on any atom is -0.357 e. The summed E-state index contributed by atoms with van der Waals surface area (Å²) >= 11 is 6.16. The zero-order valence-corrected chi connectivity index (χ0v) is 10.7. The lowest BCUT2D eigenvalue weighted by Crippen LogP contribution is -2.18. The van der Waals surface area contributed by atoms with Crippen LogP contribution in [0.3, 0.4) is 0 Å². The van der Waals surface area contributed by atoms with Gasteiger partial charge in [-0.15, -0.1) is 0 Å². The van der Waals surface area contributed by atoms with Gasteiger partial charge in [-0.05, 0) is 30.2 Å². The lowest BCUT2D eigenvalue weighted by Gasteiger charge is -2.00. The minimum absolute atomic E-state index is 0.0315. The summed E-state index contributed by atoms with van der Waals surface area (Å²) in [6.07, 6.45) is 0.912. The Morgan fingerprint density at radius 1 is 1.41 bits per heavy atom. The van der Waals surface area contributed by atoms with E-state index < -0.39 is 0 Å². The summed E-state index contributed by atoms with van der Waals surface area (Å²) in [5.41, 5.74) is 3.18. The van der Waals surface area contributed by atoms with Crippen LogP contribution in [0.25, 0.3) is 10.9 Å². The van der Waals surface area contributed by atoms with Crippen molar-refractivity contribution in [3.8, 4) is 0 Å². The fourth-order valence-corrected chi connectivity index (χ4v) is 2.15. The van der Waals surface area contributed by atoms with Crippen molar-refractivity contribution in [2.75, 3.05) is 0 Å². The molecule has 3 nitrogen and oxygen atoms in total. The number of carbonyl (C=O) groups excluding carboxylic acids is 1. The van der Waals surface area contributed by atoms with Crippen molar-refractivity contribution in [2.45, 2.75) is 26.8 Å². The van der Waals surface area contributed by atoms with E-state index in [1.54, 1.807) is 0 Å². The molecule has 0 saturated carbocycles. The summed E-state index contributed by atoms with van der Waals surface area (Å²) < 4.78 is 0. The van der Waals surface area contributed by atoms with E-state index in [1.807, 2.05) is 12.1 Å². The maximum absolute atomic E-state index is 10.8. The lowest BCUT2D eigenvalue weighted by atomic mass is 10.1. The second-order valence-corrected chi connectivity index (χ2v) is 4.50. The maximum Gasteiger partial charge on any atom is 0.217 e. The van der Waals surface area contributed by atoms with Gasteiger partial charge in [0.2, 0.25) is 5.91 Å². The van der Waals surface area contributed by atoms with Gasteiger partial charge in [-0.3, -0.25) is 4.79 Å². The van der Waals surface area contributed by atoms with Gasteiger partial charge in [0.05, 0.1) is 6.54 Å². The van der Waals surface area contributed by atoms with E-state index in [2.05, 4.69) is 23.3 Å². The summed E-state index contributed by atoms with van der Waals surface area (Å²) in [4.78, 5) is 14.1. The largest absolute Gasteiger partial charge is 0.357 e. The standard InChI is InChI=1S/C13H15ClN2O/c1-3-9-6-13-10(5-12(9)14)4-11(16-13)7-15-8(2)17/h4-6,16H,3,7H2,1-2H3,(H,15,17). The number of benzene rings is 1. The van der Waals surface area contributed by atoms with E-state index >= 15 is 0 Å². The molecule has 2 aromatic rings. The number of amides is 1. The number of rotatable bonds is 3. The molecule has 2 rings (SSSR count). The Hall–Kier alpha value is -1.48. The number of aromatic amines is 1. The molecule has 90 valence electrons. The molecular weight excluding hydrogens is 236 g/mol. The third-order valence-corrected chi connectivity index (χ3v) is 3.10. The molecule has 1 amide bonds. The van der Waals surface area contributed by atoms with Gasteiger partial charge in [0.25, 0.3) is 0 Å². The summed E-state index contributed by atoms with van der Waals surface area (Å²) in [5, 5.41) is 4.64. The predicted octanol–water partition coefficient (Wildman–Crippen LogP) is 3.02. The molecule has 1 aromatic heterocycles. The molecular formula is C13H15ClN2O. The molecule has 0 atom stereocenters. The van der Waals surface area contributed by atoms with Gasteiger partial charge in [-0.25, -0.2) is 0 Å². The summed E-state index contributed by atoms with van der Waals surface area (Å²) in [6, 6.07) is 6.04. The number of aryl methyl sites for hydroxylation is 1. The van der Waals surface area contributed by atoms with Crippen LogP contribution in [0.2, 0.25) is 5.02 Å². The molecule has 0 saturated heterocycles. The van der Waals surface area contributed by atoms with Gasteiger partial charge in [0, 0.05) is 28.5 Å². The van der Waals surface area contributed by atoms with Crippen molar-refractivity contribution in [2.24, 2.45) is 0 Å². The first-order valence-corrected chi connectivity index (χ1v) is 6.02. The zero-order valence-electron chi connectivity index (χ0n) is 9.93. The number of fused-ring (bicyclic) bond motifs is 1. The van der Waals surface area contributed by atoms with E-state index in [0.29, 0.717) is 6.54 Å². The molecule has 0 bridgehead atoms. The Morgan fingerprint density at radius 3 is 2.82 bits per heavy atom. The minimum atomic E-state index is -0.0315. The van der Waals surface area contributed by atoms with Crippen molar-refractivity contribution < 1.29 is 4.79 Å². The predicted molar refractivity (Wildman–Crippen MR) is 70.2 cm³/mol. The van der Waals surface area contributed by atoms with E-state index in [0.717, 1.165) is 33.6 Å². The van der Waals surface area contributed by atoms with Gasteiger partial charge < -0.3 is 10.3 Å². The molecule has 0 unspecified atom stereocenters. The highest BCUT2D eigenvalue weighted by Gasteiger charge is 2.05. The van der Waals surface area contributed by atoms with Crippen molar-refractivity contribution >= 4 is 28.4 Å². The number of hydrogen-bond donors (Lipinski definition) is 2. The molecule has 0 aliphatic heterocycles. The first kappa shape index (κ1) is 12.0. The fraction of sp³-hybridized carbons (Fsp3) is 0.308. The van der Waals surface area contributed by atoms with Crippen LogP contribution in [0.1, 0.15) is 25.1 Å². The van der Waals surface area contributed by atoms with Gasteiger partial charge in [0.15, 0.2) is 0 Å². The molecule has 17 heavy (non-hydrogen) atoms. The van der Waals surface area contributed by atoms with Gasteiger partial charge in [-0.1, -0.05) is 18.5 Å². The maximum atomic E-state index is 10.8. The third-order valence-electron chi connectivity index (χ3n) is 2.75. The Bertz CT molecular complexity index is 560. The first-order valence-electron chi connectivity index (χ1n) is 5.64. The summed E-state index contributed by atoms with van der Waals surface area (Å²) in [6.45, 7) is 4.10. The van der Waals surface area contributed by atoms with Crippen molar-refractivity contribution in [1.82, 2.24) is 10.3 Å². The molecule has 0 radical (unpaired) electrons. The molecule has 1 heterocycles. The lowest BCUT2D eigenvalue weighted by molar-refractivity contribution is -0.119. The smallest absolute Gasteiger partial charge is 0.217 e. The molecule has 0 aliphatic carbocycles. The number of halogens is 1. The summed E-state index contributed by atoms with van der Waals surface area (Å²) in [5.74, 6) is -0.0315. The van der Waals surface area contributed by atoms with Crippen LogP contribution in [-0.2, 0) is 17.8 Å². The number of hydrogen-bond acceptors (Lipinski definition) is 1. The molecule has 0 spiro atoms. The van der Waals surface area contributed by atoms with Crippen LogP contribution in [0.5, 0.6) is 0 Å². The average molecular weight is 251 g/mol. The topological polar surface area (TPSA) is 44.9 Å². The second kappa shape index (κ2) is 4.80. The van der Waals surface area contributed by atoms with Crippen LogP contribution < -0.4 is 5.32 Å². The highest BCUT2D eigenvalue weighted by molar-refractivity contribution is 6.32. The summed E-state index contributed by atoms with van der Waals surface area (Å²) in [7, 11) is 0. The Labute approximate surface area is 105 Å². The normalized spacial score (nSPS) is 10.8. The quantitative estimate of drug-likeness (QED) is 0.864. The number of nitrogens with one attached hydrogen (secondary N) is 2. The number of H-pyrrole nitrogens is 1. The van der Waals surface area contributed by atoms with Crippen molar-refractivity contribution in [3.05, 3.63) is 34.5 Å². The third kappa shape index (κ3) is 2.61. The van der Waals surface area contributed by atoms with Crippen LogP contribution >= 0.6 is 11.6 Å². The molecule has 1 aromatic carbocycles. The highest BCUT2D eigenvalue weighted by Crippen LogP contribution is 2.24. The Kier molecular flexibility index (Phi) is 3.38. The molecule has 0 fully saturated rings. The second-order valence-electron chi connectivity index (χ2n) is 4.09. The Morgan fingerprint density at radius 2 is 2.18 bits per heavy atom. The first-order chi connectivity index (χ1) is 8.10. The van der Waals surface area contributed by atoms with Crippen LogP contribution in [0, 0.1) is 0 Å². The number of aromatic nitrogens is 1. The molecule has 4 heteroatoms. The van der Waals surface area contributed by atoms with E-state index in [4.69, 9.17) is 11.6 Å². The average Bonchev–Trinajstić information content (AvgIpc) is 2.67. The van der Waals surface area contributed by atoms with Crippen LogP contribution in [0.4, 0.5) is 0 Å². The SMILES string of the molecule is CCc1cc2[nH]c(CNC(C)=O)cc2cc1Cl. The molecule has 2 N–H and O–H groups in total. The van der Waals surface area contributed by atoms with Gasteiger partial charge in [0.1, 0.15) is 0 Å². The zero-order chi connectivity index (χ0) is 12.4. The fourth-order valence-electron chi connectivity index (χ4n) is 1.84. The van der Waals surface area contributed by atoms with Crippen LogP contribution in [-0.4, -0.2) is 10.9 Å². The highest BCUT2D eigenvalue weighted by atomic mass is 35.5. The van der Waals surface area contributed by atoms with E-state index in [9.17, 15) is 4.79 Å². The Balaban J connectivity index is 2.33. The van der Waals surface area contributed by atoms with Crippen LogP contribution in [0.15, 0.2) is 18.2 Å². The van der Waals surface area contributed by atoms with Crippen molar-refractivity contribution in [3.63, 3.8) is 0 Å².